The molecule has 10 heterocycles. The number of hydrogen-bond acceptors (Lipinski definition) is 25. The molecule has 2 N–H and O–H groups in total. The van der Waals surface area contributed by atoms with Gasteiger partial charge in [0.15, 0.2) is 29.6 Å². The third kappa shape index (κ3) is 12.8. The molecule has 10 aliphatic heterocycles. The summed E-state index contributed by atoms with van der Waals surface area (Å²) in [4.78, 5) is 132. The Labute approximate surface area is 537 Å². The first kappa shape index (κ1) is 69.0. The van der Waals surface area contributed by atoms with E-state index in [0.29, 0.717) is 37.0 Å². The van der Waals surface area contributed by atoms with Crippen LogP contribution in [0.1, 0.15) is 185 Å². The van der Waals surface area contributed by atoms with E-state index in [2.05, 4.69) is 38.3 Å². The average molecular weight is 1310 g/mol. The number of amides is 2. The zero-order chi connectivity index (χ0) is 66.0. The van der Waals surface area contributed by atoms with Crippen LogP contribution in [0.25, 0.3) is 0 Å². The number of urea groups is 1. The van der Waals surface area contributed by atoms with Crippen LogP contribution in [0.3, 0.4) is 0 Å². The summed E-state index contributed by atoms with van der Waals surface area (Å²) in [5.41, 5.74) is -5.22. The van der Waals surface area contributed by atoms with Gasteiger partial charge in [0.1, 0.15) is 31.0 Å². The third-order valence-corrected chi connectivity index (χ3v) is 23.6. The van der Waals surface area contributed by atoms with E-state index in [4.69, 9.17) is 86.2 Å². The Hall–Kier alpha value is -4.39. The summed E-state index contributed by atoms with van der Waals surface area (Å²) in [6.45, 7) is 17.7. The monoisotopic (exact) mass is 1310 g/mol. The van der Waals surface area contributed by atoms with Crippen LogP contribution in [-0.2, 0) is 115 Å². The Balaban J connectivity index is 0.719. The molecule has 13 fully saturated rings. The summed E-state index contributed by atoms with van der Waals surface area (Å²) in [6, 6.07) is -0.855. The van der Waals surface area contributed by atoms with Gasteiger partial charge in [-0.1, -0.05) is 48.5 Å². The fourth-order valence-electron chi connectivity index (χ4n) is 17.6. The molecule has 10 saturated heterocycles. The van der Waals surface area contributed by atoms with Gasteiger partial charge in [-0.15, -0.1) is 0 Å². The van der Waals surface area contributed by atoms with Crippen molar-refractivity contribution in [1.82, 2.24) is 10.6 Å². The number of methoxy groups -OCH3 is 1. The number of carbonyl (C=O) groups is 7. The topological polar surface area (TPSA) is 310 Å². The Morgan fingerprint density at radius 2 is 0.989 bits per heavy atom. The van der Waals surface area contributed by atoms with Crippen molar-refractivity contribution in [2.45, 2.75) is 256 Å². The molecule has 0 aromatic rings. The van der Waals surface area contributed by atoms with Gasteiger partial charge in [0, 0.05) is 68.4 Å². The first-order valence-electron chi connectivity index (χ1n) is 33.6. The van der Waals surface area contributed by atoms with Crippen molar-refractivity contribution < 1.29 is 120 Å². The van der Waals surface area contributed by atoms with Crippen molar-refractivity contribution in [1.29, 1.82) is 0 Å². The first-order chi connectivity index (χ1) is 43.6. The molecular weight excluding hydrogens is 1210 g/mol. The predicted octanol–water partition coefficient (Wildman–Crippen LogP) is 7.56. The van der Waals surface area contributed by atoms with Gasteiger partial charge < -0.3 is 67.5 Å². The maximum absolute atomic E-state index is 13.7. The third-order valence-electron chi connectivity index (χ3n) is 23.6. The molecule has 2 amide bonds. The van der Waals surface area contributed by atoms with Crippen LogP contribution in [0.15, 0.2) is 0 Å². The van der Waals surface area contributed by atoms with E-state index in [9.17, 15) is 33.6 Å². The highest BCUT2D eigenvalue weighted by atomic mass is 17.3. The minimum Gasteiger partial charge on any atom is -0.463 e. The van der Waals surface area contributed by atoms with E-state index in [1.165, 1.54) is 7.05 Å². The summed E-state index contributed by atoms with van der Waals surface area (Å²) in [5, 5.41) is 5.02. The highest BCUT2D eigenvalue weighted by Crippen LogP contribution is 2.67. The number of fused-ring (bicyclic) bond motifs is 4. The molecule has 0 aromatic heterocycles. The second kappa shape index (κ2) is 26.6. The molecule has 3 saturated carbocycles. The van der Waals surface area contributed by atoms with Crippen molar-refractivity contribution in [2.75, 3.05) is 40.6 Å². The van der Waals surface area contributed by atoms with E-state index in [1.807, 2.05) is 27.7 Å². The number of hydrogen-bond donors (Lipinski definition) is 2. The minimum atomic E-state index is -1.99. The second-order valence-electron chi connectivity index (χ2n) is 29.4. The van der Waals surface area contributed by atoms with Gasteiger partial charge >= 0.3 is 41.8 Å². The van der Waals surface area contributed by atoms with Crippen LogP contribution in [0.5, 0.6) is 0 Å². The van der Waals surface area contributed by atoms with Gasteiger partial charge in [0.05, 0.1) is 45.1 Å². The van der Waals surface area contributed by atoms with E-state index in [-0.39, 0.29) is 54.0 Å². The lowest BCUT2D eigenvalue weighted by atomic mass is 9.50. The van der Waals surface area contributed by atoms with Crippen molar-refractivity contribution in [3.63, 3.8) is 0 Å². The number of rotatable bonds is 20. The van der Waals surface area contributed by atoms with Gasteiger partial charge in [0.2, 0.25) is 30.4 Å². The molecular formula is C65H98N2O25. The summed E-state index contributed by atoms with van der Waals surface area (Å²) in [6.07, 6.45) is 1.56. The molecule has 0 radical (unpaired) electrons. The minimum absolute atomic E-state index is 0.0545. The van der Waals surface area contributed by atoms with Gasteiger partial charge in [0.25, 0.3) is 0 Å². The van der Waals surface area contributed by atoms with Gasteiger partial charge in [-0.25, -0.2) is 34.1 Å². The molecule has 0 aromatic carbocycles. The number of ether oxygens (including phenoxy) is 12. The molecule has 3 spiro atoms. The number of nitrogens with one attached hydrogen (secondary N) is 2. The standard InChI is InChI=1S/C65H98N2O25/c1-35-13-15-44-38(4)52(79-34-63(44)41(35)24-28-59(8,75-12)87-90-63)80-49(71)20-17-46(68)76-31-62(67-57(74)66-11,32-77-47(69)18-21-50(72)81-53-39(5)45-16-14-36(2)42-25-29-60(9)85-55(83-53)64(42,45)91-88-60)33-78-48(70)19-22-51(73)82-54-40(6)58(7)27-23-37(3)43-26-30-61(10)86-56(84-54)65(43,58)92-89-61/h35-45,52-56H,13-34H2,1-12H3,(H2,66,67,74)/t35-,36-,37-,38-,39-,40+,41+,42+,43+,44+,45+,52+,53-,54-,55-,56-,58+,59-,60-,61-,62?,63-,64-,65+/m1/s1. The van der Waals surface area contributed by atoms with Crippen LogP contribution in [-0.4, -0.2) is 154 Å². The second-order valence-corrected chi connectivity index (χ2v) is 29.4. The van der Waals surface area contributed by atoms with Gasteiger partial charge in [-0.2, -0.15) is 0 Å². The van der Waals surface area contributed by atoms with Gasteiger partial charge in [-0.05, 0) is 114 Å². The van der Waals surface area contributed by atoms with E-state index in [0.717, 1.165) is 57.8 Å². The molecule has 13 aliphatic rings. The van der Waals surface area contributed by atoms with Crippen LogP contribution in [0, 0.1) is 70.5 Å². The maximum atomic E-state index is 13.7. The Morgan fingerprint density at radius 3 is 1.60 bits per heavy atom. The Morgan fingerprint density at radius 1 is 0.489 bits per heavy atom. The molecule has 518 valence electrons. The number of carbonyl (C=O) groups excluding carboxylic acids is 7. The predicted molar refractivity (Wildman–Crippen MR) is 311 cm³/mol. The van der Waals surface area contributed by atoms with Crippen LogP contribution in [0.4, 0.5) is 4.79 Å². The zero-order valence-electron chi connectivity index (χ0n) is 55.5. The summed E-state index contributed by atoms with van der Waals surface area (Å²) in [5.74, 6) is -8.22. The number of esters is 6. The lowest BCUT2D eigenvalue weighted by Gasteiger charge is -2.65. The molecule has 13 rings (SSSR count). The Kier molecular flexibility index (Phi) is 19.9. The Bertz CT molecular complexity index is 2760. The lowest BCUT2D eigenvalue weighted by Crippen LogP contribution is -2.74. The van der Waals surface area contributed by atoms with Crippen molar-refractivity contribution in [3.05, 3.63) is 0 Å². The van der Waals surface area contributed by atoms with Crippen LogP contribution < -0.4 is 10.6 Å². The largest absolute Gasteiger partial charge is 0.463 e. The van der Waals surface area contributed by atoms with Crippen LogP contribution in [0.2, 0.25) is 0 Å². The summed E-state index contributed by atoms with van der Waals surface area (Å²) < 4.78 is 72.4. The molecule has 24 atom stereocenters. The van der Waals surface area contributed by atoms with Gasteiger partial charge in [-0.3, -0.25) is 28.8 Å². The average Bonchev–Trinajstić information content (AvgIpc) is 1.01. The maximum Gasteiger partial charge on any atom is 0.315 e. The molecule has 3 aliphatic carbocycles. The summed E-state index contributed by atoms with van der Waals surface area (Å²) in [7, 11) is 2.88. The van der Waals surface area contributed by atoms with E-state index >= 15 is 0 Å². The molecule has 1 unspecified atom stereocenters. The quantitative estimate of drug-likeness (QED) is 0.0674. The molecule has 27 nitrogen and oxygen atoms in total. The normalized spacial score (nSPS) is 44.6. The van der Waals surface area contributed by atoms with Crippen LogP contribution >= 0.6 is 0 Å². The van der Waals surface area contributed by atoms with Crippen molar-refractivity contribution >= 4 is 41.8 Å². The summed E-state index contributed by atoms with van der Waals surface area (Å²) >= 11 is 0. The molecule has 27 heteroatoms. The first-order valence-corrected chi connectivity index (χ1v) is 33.6. The zero-order valence-corrected chi connectivity index (χ0v) is 55.5. The van der Waals surface area contributed by atoms with Crippen molar-refractivity contribution in [2.24, 2.45) is 70.5 Å². The molecule has 4 bridgehead atoms. The lowest BCUT2D eigenvalue weighted by molar-refractivity contribution is -0.586. The fraction of sp³-hybridized carbons (Fsp3) is 0.892. The highest BCUT2D eigenvalue weighted by molar-refractivity contribution is 5.80. The van der Waals surface area contributed by atoms with E-state index in [1.54, 1.807) is 21.0 Å². The van der Waals surface area contributed by atoms with E-state index < -0.39 is 177 Å². The fourth-order valence-corrected chi connectivity index (χ4v) is 17.6. The molecule has 92 heavy (non-hydrogen) atoms. The SMILES string of the molecule is CNC(=O)NC(COC(=O)CCC(=O)O[C@@H]1OC[C@@]23OO[C@@](C)(OC)CC[C@H]2[C@H](C)CC[C@H]3[C@H]1C)(COC(=O)CCC(=O)O[C@@H]1O[C@@H]2O[C@@]3(C)CC[C@H]4[C@H](C)CC[C@@H]([C@H]1C)[C@@]24OO3)COC(=O)CCC(=O)O[C@@H]1O[C@@H]2O[C@@]3(C)CC[C@H]4[C@H](C)CC[C@@](C)([C@H]1C)[C@@]24OO3. The smallest absolute Gasteiger partial charge is 0.315 e. The van der Waals surface area contributed by atoms with Crippen molar-refractivity contribution in [3.8, 4) is 0 Å². The highest BCUT2D eigenvalue weighted by Gasteiger charge is 2.75.